The lowest BCUT2D eigenvalue weighted by atomic mass is 9.96. The summed E-state index contributed by atoms with van der Waals surface area (Å²) in [5.74, 6) is 0.888. The maximum absolute atomic E-state index is 11.0. The molecule has 0 aliphatic carbocycles. The lowest BCUT2D eigenvalue weighted by Gasteiger charge is -2.23. The van der Waals surface area contributed by atoms with Crippen LogP contribution in [0.3, 0.4) is 0 Å². The first-order valence-corrected chi connectivity index (χ1v) is 9.70. The molecule has 0 unspecified atom stereocenters. The first-order valence-electron chi connectivity index (χ1n) is 9.32. The second-order valence-electron chi connectivity index (χ2n) is 6.52. The molecule has 0 aliphatic heterocycles. The van der Waals surface area contributed by atoms with Gasteiger partial charge in [-0.15, -0.1) is 0 Å². The van der Waals surface area contributed by atoms with E-state index in [-0.39, 0.29) is 11.8 Å². The molecule has 0 fully saturated rings. The molecule has 5 nitrogen and oxygen atoms in total. The molecule has 2 heterocycles. The van der Waals surface area contributed by atoms with Crippen molar-refractivity contribution in [1.29, 1.82) is 0 Å². The molecule has 6 heteroatoms. The molecule has 0 radical (unpaired) electrons. The lowest BCUT2D eigenvalue weighted by Crippen LogP contribution is -2.13. The molecular formula is C23H20ClN3O2. The monoisotopic (exact) mass is 405 g/mol. The Balaban J connectivity index is 1.84. The fourth-order valence-corrected chi connectivity index (χ4v) is 3.57. The molecule has 2 aromatic heterocycles. The van der Waals surface area contributed by atoms with Gasteiger partial charge in [-0.2, -0.15) is 0 Å². The summed E-state index contributed by atoms with van der Waals surface area (Å²) >= 11 is 6.52. The number of nitrogens with zero attached hydrogens (tertiary/aromatic N) is 2. The summed E-state index contributed by atoms with van der Waals surface area (Å²) in [5.41, 5.74) is 2.87. The number of rotatable bonds is 6. The Morgan fingerprint density at radius 1 is 1.10 bits per heavy atom. The second kappa shape index (κ2) is 8.37. The maximum Gasteiger partial charge on any atom is 0.147 e. The van der Waals surface area contributed by atoms with Gasteiger partial charge in [0.2, 0.25) is 0 Å². The molecular weight excluding hydrogens is 386 g/mol. The van der Waals surface area contributed by atoms with Crippen molar-refractivity contribution >= 4 is 28.2 Å². The zero-order chi connectivity index (χ0) is 20.2. The number of nitrogens with one attached hydrogen (secondary N) is 1. The van der Waals surface area contributed by atoms with Gasteiger partial charge in [0.1, 0.15) is 17.0 Å². The molecule has 29 heavy (non-hydrogen) atoms. The van der Waals surface area contributed by atoms with Crippen molar-refractivity contribution in [3.63, 3.8) is 0 Å². The van der Waals surface area contributed by atoms with Gasteiger partial charge in [0.05, 0.1) is 23.4 Å². The summed E-state index contributed by atoms with van der Waals surface area (Å²) in [6, 6.07) is 16.6. The molecule has 0 bridgehead atoms. The molecule has 2 N–H and O–H groups in total. The first kappa shape index (κ1) is 19.0. The van der Waals surface area contributed by atoms with E-state index in [2.05, 4.69) is 15.3 Å². The number of phenols is 1. The number of aromatic hydroxyl groups is 1. The number of ether oxygens (including phenoxy) is 1. The van der Waals surface area contributed by atoms with Gasteiger partial charge in [-0.1, -0.05) is 23.7 Å². The number of phenolic OH excluding ortho intramolecular Hbond substituents is 1. The maximum atomic E-state index is 11.0. The summed E-state index contributed by atoms with van der Waals surface area (Å²) in [6.07, 6.45) is 5.09. The van der Waals surface area contributed by atoms with Crippen molar-refractivity contribution in [2.24, 2.45) is 0 Å². The van der Waals surface area contributed by atoms with Crippen LogP contribution in [0.15, 0.2) is 73.2 Å². The number of hydrogen-bond acceptors (Lipinski definition) is 5. The van der Waals surface area contributed by atoms with Gasteiger partial charge in [0, 0.05) is 29.5 Å². The highest BCUT2D eigenvalue weighted by Crippen LogP contribution is 2.39. The van der Waals surface area contributed by atoms with Crippen LogP contribution < -0.4 is 10.1 Å². The minimum absolute atomic E-state index is 0.0975. The van der Waals surface area contributed by atoms with Crippen molar-refractivity contribution in [2.45, 2.75) is 13.0 Å². The van der Waals surface area contributed by atoms with Crippen LogP contribution in [-0.4, -0.2) is 21.7 Å². The molecule has 0 saturated heterocycles. The Bertz CT molecular complexity index is 1120. The highest BCUT2D eigenvalue weighted by Gasteiger charge is 2.22. The van der Waals surface area contributed by atoms with Gasteiger partial charge in [-0.25, -0.2) is 0 Å². The SMILES string of the molecule is CCOc1ccc([C@@H](Nc2cccnc2)c2cc(Cl)c3cccnc3c2O)cc1. The van der Waals surface area contributed by atoms with Gasteiger partial charge in [-0.3, -0.25) is 9.97 Å². The van der Waals surface area contributed by atoms with Gasteiger partial charge < -0.3 is 15.2 Å². The molecule has 4 rings (SSSR count). The van der Waals surface area contributed by atoms with E-state index in [0.717, 1.165) is 17.0 Å². The van der Waals surface area contributed by atoms with Crippen molar-refractivity contribution in [3.8, 4) is 11.5 Å². The smallest absolute Gasteiger partial charge is 0.147 e. The molecule has 4 aromatic rings. The quantitative estimate of drug-likeness (QED) is 0.437. The normalized spacial score (nSPS) is 11.9. The lowest BCUT2D eigenvalue weighted by molar-refractivity contribution is 0.340. The van der Waals surface area contributed by atoms with Gasteiger partial charge in [0.15, 0.2) is 0 Å². The summed E-state index contributed by atoms with van der Waals surface area (Å²) < 4.78 is 5.55. The number of benzene rings is 2. The second-order valence-corrected chi connectivity index (χ2v) is 6.92. The van der Waals surface area contributed by atoms with Crippen LogP contribution in [0.4, 0.5) is 5.69 Å². The van der Waals surface area contributed by atoms with Crippen molar-refractivity contribution in [2.75, 3.05) is 11.9 Å². The average Bonchev–Trinajstić information content (AvgIpc) is 2.76. The Morgan fingerprint density at radius 2 is 1.90 bits per heavy atom. The van der Waals surface area contributed by atoms with E-state index in [9.17, 15) is 5.11 Å². The number of anilines is 1. The minimum atomic E-state index is -0.362. The predicted molar refractivity (Wildman–Crippen MR) is 116 cm³/mol. The van der Waals surface area contributed by atoms with Gasteiger partial charge >= 0.3 is 0 Å². The van der Waals surface area contributed by atoms with E-state index >= 15 is 0 Å². The summed E-state index contributed by atoms with van der Waals surface area (Å²) in [6.45, 7) is 2.55. The van der Waals surface area contributed by atoms with E-state index in [1.165, 1.54) is 0 Å². The fourth-order valence-electron chi connectivity index (χ4n) is 3.30. The number of pyridine rings is 2. The molecule has 0 amide bonds. The molecule has 0 spiro atoms. The number of halogens is 1. The topological polar surface area (TPSA) is 67.3 Å². The molecule has 146 valence electrons. The van der Waals surface area contributed by atoms with Crippen molar-refractivity contribution in [3.05, 3.63) is 89.3 Å². The number of hydrogen-bond donors (Lipinski definition) is 2. The van der Waals surface area contributed by atoms with Crippen molar-refractivity contribution in [1.82, 2.24) is 9.97 Å². The molecule has 1 atom stereocenters. The Kier molecular flexibility index (Phi) is 5.49. The van der Waals surface area contributed by atoms with E-state index in [1.54, 1.807) is 30.7 Å². The third kappa shape index (κ3) is 3.96. The Labute approximate surface area is 174 Å². The van der Waals surface area contributed by atoms with E-state index in [4.69, 9.17) is 16.3 Å². The fraction of sp³-hybridized carbons (Fsp3) is 0.130. The summed E-state index contributed by atoms with van der Waals surface area (Å²) in [4.78, 5) is 8.50. The van der Waals surface area contributed by atoms with Gasteiger partial charge in [0.25, 0.3) is 0 Å². The number of fused-ring (bicyclic) bond motifs is 1. The zero-order valence-corrected chi connectivity index (χ0v) is 16.6. The van der Waals surface area contributed by atoms with E-state index in [0.29, 0.717) is 28.1 Å². The molecule has 2 aromatic carbocycles. The summed E-state index contributed by atoms with van der Waals surface area (Å²) in [7, 11) is 0. The van der Waals surface area contributed by atoms with Crippen LogP contribution >= 0.6 is 11.6 Å². The third-order valence-corrected chi connectivity index (χ3v) is 4.97. The highest BCUT2D eigenvalue weighted by molar-refractivity contribution is 6.35. The minimum Gasteiger partial charge on any atom is -0.505 e. The molecule has 0 aliphatic rings. The van der Waals surface area contributed by atoms with Crippen LogP contribution in [0.5, 0.6) is 11.5 Å². The van der Waals surface area contributed by atoms with Crippen LogP contribution in [0.25, 0.3) is 10.9 Å². The highest BCUT2D eigenvalue weighted by atomic mass is 35.5. The van der Waals surface area contributed by atoms with Crippen LogP contribution in [0, 0.1) is 0 Å². The van der Waals surface area contributed by atoms with Crippen LogP contribution in [-0.2, 0) is 0 Å². The van der Waals surface area contributed by atoms with Gasteiger partial charge in [-0.05, 0) is 55.0 Å². The Hall–Kier alpha value is -3.31. The largest absolute Gasteiger partial charge is 0.505 e. The standard InChI is InChI=1S/C23H20ClN3O2/c1-2-29-17-9-7-15(8-10-17)21(27-16-5-3-11-25-14-16)19-13-20(24)18-6-4-12-26-22(18)23(19)28/h3-14,21,27-28H,2H2,1H3/t21-/m1/s1. The van der Waals surface area contributed by atoms with E-state index in [1.807, 2.05) is 49.4 Å². The first-order chi connectivity index (χ1) is 14.2. The van der Waals surface area contributed by atoms with Crippen LogP contribution in [0.1, 0.15) is 24.1 Å². The Morgan fingerprint density at radius 3 is 2.62 bits per heavy atom. The van der Waals surface area contributed by atoms with Crippen molar-refractivity contribution < 1.29 is 9.84 Å². The average molecular weight is 406 g/mol. The van der Waals surface area contributed by atoms with Crippen LogP contribution in [0.2, 0.25) is 5.02 Å². The third-order valence-electron chi connectivity index (χ3n) is 4.65. The number of aromatic nitrogens is 2. The molecule has 0 saturated carbocycles. The zero-order valence-electron chi connectivity index (χ0n) is 15.8. The predicted octanol–water partition coefficient (Wildman–Crippen LogP) is 5.59. The summed E-state index contributed by atoms with van der Waals surface area (Å²) in [5, 5.41) is 15.7. The van der Waals surface area contributed by atoms with E-state index < -0.39 is 0 Å².